The summed E-state index contributed by atoms with van der Waals surface area (Å²) in [5.41, 5.74) is 3.26. The molecular formula is C15H18N4. The van der Waals surface area contributed by atoms with E-state index in [0.29, 0.717) is 0 Å². The van der Waals surface area contributed by atoms with Gasteiger partial charge in [-0.05, 0) is 18.4 Å². The first-order valence-electron chi connectivity index (χ1n) is 7.20. The molecule has 3 heterocycles. The predicted molar refractivity (Wildman–Crippen MR) is 76.0 cm³/mol. The Kier molecular flexibility index (Phi) is 2.53. The summed E-state index contributed by atoms with van der Waals surface area (Å²) in [6, 6.07) is 2.07. The Morgan fingerprint density at radius 1 is 1.11 bits per heavy atom. The molecule has 1 fully saturated rings. The maximum Gasteiger partial charge on any atom is 0.159 e. The van der Waals surface area contributed by atoms with Crippen LogP contribution in [-0.4, -0.2) is 20.2 Å². The summed E-state index contributed by atoms with van der Waals surface area (Å²) in [5.74, 6) is 0.829. The minimum absolute atomic E-state index is 0.829. The molecular weight excluding hydrogens is 236 g/mol. The lowest BCUT2D eigenvalue weighted by atomic mass is 9.85. The number of aromatic nitrogens is 4. The van der Waals surface area contributed by atoms with Crippen LogP contribution in [0.4, 0.5) is 0 Å². The number of hydrogen-bond donors (Lipinski definition) is 2. The van der Waals surface area contributed by atoms with Gasteiger partial charge in [0.2, 0.25) is 0 Å². The molecule has 2 N–H and O–H groups in total. The topological polar surface area (TPSA) is 57.4 Å². The fraction of sp³-hybridized carbons (Fsp3) is 0.467. The highest BCUT2D eigenvalue weighted by Crippen LogP contribution is 2.30. The predicted octanol–water partition coefficient (Wildman–Crippen LogP) is 3.56. The standard InChI is InChI=1S/C15H18N4/c1-2-4-10(5-3-1)8-12-14-11-6-7-16-15(11)17-9-13(14)19-18-12/h6-7,9-10,18-19H,1-5,8H2. The van der Waals surface area contributed by atoms with Gasteiger partial charge in [-0.15, -0.1) is 0 Å². The lowest BCUT2D eigenvalue weighted by molar-refractivity contribution is 0.355. The van der Waals surface area contributed by atoms with Gasteiger partial charge >= 0.3 is 0 Å². The van der Waals surface area contributed by atoms with E-state index >= 15 is 0 Å². The first kappa shape index (κ1) is 11.0. The van der Waals surface area contributed by atoms with Gasteiger partial charge in [0.15, 0.2) is 5.65 Å². The summed E-state index contributed by atoms with van der Waals surface area (Å²) in [7, 11) is 0. The fourth-order valence-corrected chi connectivity index (χ4v) is 3.42. The summed E-state index contributed by atoms with van der Waals surface area (Å²) in [6.07, 6.45) is 11.8. The Morgan fingerprint density at radius 2 is 2.00 bits per heavy atom. The molecule has 0 amide bonds. The van der Waals surface area contributed by atoms with Gasteiger partial charge in [-0.25, -0.2) is 9.97 Å². The quantitative estimate of drug-likeness (QED) is 0.734. The molecule has 0 atom stereocenters. The number of rotatable bonds is 2. The van der Waals surface area contributed by atoms with Gasteiger partial charge in [-0.3, -0.25) is 5.10 Å². The van der Waals surface area contributed by atoms with Crippen molar-refractivity contribution in [1.82, 2.24) is 20.2 Å². The van der Waals surface area contributed by atoms with Crippen molar-refractivity contribution in [2.45, 2.75) is 38.5 Å². The highest BCUT2D eigenvalue weighted by molar-refractivity contribution is 6.04. The van der Waals surface area contributed by atoms with Crippen LogP contribution in [0.2, 0.25) is 0 Å². The van der Waals surface area contributed by atoms with E-state index in [4.69, 9.17) is 0 Å². The zero-order valence-electron chi connectivity index (χ0n) is 10.9. The van der Waals surface area contributed by atoms with Crippen LogP contribution in [0, 0.1) is 5.92 Å². The molecule has 0 spiro atoms. The summed E-state index contributed by atoms with van der Waals surface area (Å²) in [5, 5.41) is 9.05. The van der Waals surface area contributed by atoms with Crippen molar-refractivity contribution in [2.24, 2.45) is 5.92 Å². The minimum atomic E-state index is 0.829. The summed E-state index contributed by atoms with van der Waals surface area (Å²) >= 11 is 0. The molecule has 1 saturated carbocycles. The molecule has 4 heteroatoms. The molecule has 0 radical (unpaired) electrons. The normalized spacial score (nSPS) is 17.5. The van der Waals surface area contributed by atoms with Crippen LogP contribution in [-0.2, 0) is 6.42 Å². The van der Waals surface area contributed by atoms with E-state index < -0.39 is 0 Å². The van der Waals surface area contributed by atoms with Crippen molar-refractivity contribution in [2.75, 3.05) is 0 Å². The highest BCUT2D eigenvalue weighted by atomic mass is 15.1. The molecule has 19 heavy (non-hydrogen) atoms. The molecule has 0 aromatic carbocycles. The third-order valence-electron chi connectivity index (χ3n) is 4.40. The lowest BCUT2D eigenvalue weighted by Crippen LogP contribution is -2.09. The Labute approximate surface area is 111 Å². The highest BCUT2D eigenvalue weighted by Gasteiger charge is 2.17. The monoisotopic (exact) mass is 254 g/mol. The van der Waals surface area contributed by atoms with E-state index in [-0.39, 0.29) is 0 Å². The second-order valence-corrected chi connectivity index (χ2v) is 5.67. The Balaban J connectivity index is 1.78. The zero-order chi connectivity index (χ0) is 12.7. The van der Waals surface area contributed by atoms with E-state index in [1.165, 1.54) is 48.6 Å². The largest absolute Gasteiger partial charge is 0.304 e. The van der Waals surface area contributed by atoms with Crippen molar-refractivity contribution < 1.29 is 0 Å². The van der Waals surface area contributed by atoms with E-state index in [0.717, 1.165) is 23.5 Å². The van der Waals surface area contributed by atoms with Crippen molar-refractivity contribution in [3.8, 4) is 0 Å². The van der Waals surface area contributed by atoms with Gasteiger partial charge in [-0.2, -0.15) is 0 Å². The molecule has 0 saturated heterocycles. The number of pyridine rings is 1. The molecule has 0 unspecified atom stereocenters. The first-order valence-corrected chi connectivity index (χ1v) is 7.20. The van der Waals surface area contributed by atoms with Crippen molar-refractivity contribution >= 4 is 21.9 Å². The molecule has 1 aliphatic rings. The average molecular weight is 254 g/mol. The average Bonchev–Trinajstić information content (AvgIpc) is 3.06. The van der Waals surface area contributed by atoms with Gasteiger partial charge in [0, 0.05) is 22.7 Å². The Hall–Kier alpha value is -1.84. The minimum Gasteiger partial charge on any atom is -0.304 e. The molecule has 4 nitrogen and oxygen atoms in total. The smallest absolute Gasteiger partial charge is 0.159 e. The summed E-state index contributed by atoms with van der Waals surface area (Å²) < 4.78 is 0. The van der Waals surface area contributed by atoms with Gasteiger partial charge in [0.05, 0.1) is 11.7 Å². The number of nitrogens with zero attached hydrogens (tertiary/aromatic N) is 2. The molecule has 3 aromatic rings. The first-order chi connectivity index (χ1) is 9.42. The van der Waals surface area contributed by atoms with Crippen LogP contribution < -0.4 is 0 Å². The van der Waals surface area contributed by atoms with Crippen molar-refractivity contribution in [3.05, 3.63) is 24.2 Å². The zero-order valence-corrected chi connectivity index (χ0v) is 10.9. The number of nitrogens with one attached hydrogen (secondary N) is 2. The van der Waals surface area contributed by atoms with Gasteiger partial charge in [0.1, 0.15) is 0 Å². The van der Waals surface area contributed by atoms with E-state index in [1.807, 2.05) is 12.4 Å². The lowest BCUT2D eigenvalue weighted by Gasteiger charge is -2.20. The van der Waals surface area contributed by atoms with E-state index in [1.54, 1.807) is 0 Å². The molecule has 0 bridgehead atoms. The number of aromatic amines is 2. The van der Waals surface area contributed by atoms with E-state index in [9.17, 15) is 0 Å². The van der Waals surface area contributed by atoms with Crippen LogP contribution >= 0.6 is 0 Å². The molecule has 98 valence electrons. The van der Waals surface area contributed by atoms with E-state index in [2.05, 4.69) is 26.2 Å². The second kappa shape index (κ2) is 4.37. The molecule has 0 aliphatic heterocycles. The van der Waals surface area contributed by atoms with Crippen LogP contribution in [0.25, 0.3) is 21.9 Å². The maximum absolute atomic E-state index is 4.37. The van der Waals surface area contributed by atoms with Crippen molar-refractivity contribution in [3.63, 3.8) is 0 Å². The molecule has 3 aromatic heterocycles. The molecule has 4 rings (SSSR count). The maximum atomic E-state index is 4.37. The van der Waals surface area contributed by atoms with Gasteiger partial charge in [-0.1, -0.05) is 32.1 Å². The van der Waals surface area contributed by atoms with Crippen LogP contribution in [0.5, 0.6) is 0 Å². The fourth-order valence-electron chi connectivity index (χ4n) is 3.42. The number of fused-ring (bicyclic) bond motifs is 3. The molecule has 1 aliphatic carbocycles. The Bertz CT molecular complexity index is 703. The Morgan fingerprint density at radius 3 is 2.89 bits per heavy atom. The summed E-state index contributed by atoms with van der Waals surface area (Å²) in [4.78, 5) is 8.66. The summed E-state index contributed by atoms with van der Waals surface area (Å²) in [6.45, 7) is 0. The number of H-pyrrole nitrogens is 2. The second-order valence-electron chi connectivity index (χ2n) is 5.67. The SMILES string of the molecule is c1cc2c(n1)ncc1[nH][nH]c(CC3CCCCC3)c12. The van der Waals surface area contributed by atoms with Gasteiger partial charge in [0.25, 0.3) is 0 Å². The van der Waals surface area contributed by atoms with Crippen LogP contribution in [0.15, 0.2) is 18.5 Å². The third kappa shape index (κ3) is 1.82. The third-order valence-corrected chi connectivity index (χ3v) is 4.40. The van der Waals surface area contributed by atoms with Crippen LogP contribution in [0.3, 0.4) is 0 Å². The van der Waals surface area contributed by atoms with Gasteiger partial charge < -0.3 is 5.10 Å². The van der Waals surface area contributed by atoms with Crippen molar-refractivity contribution in [1.29, 1.82) is 0 Å². The van der Waals surface area contributed by atoms with Crippen LogP contribution in [0.1, 0.15) is 37.8 Å². The number of hydrogen-bond acceptors (Lipinski definition) is 2.